The van der Waals surface area contributed by atoms with E-state index in [4.69, 9.17) is 0 Å². The molecule has 0 saturated carbocycles. The van der Waals surface area contributed by atoms with Gasteiger partial charge < -0.3 is 5.32 Å². The van der Waals surface area contributed by atoms with Crippen LogP contribution in [0.3, 0.4) is 0 Å². The van der Waals surface area contributed by atoms with Gasteiger partial charge in [0.2, 0.25) is 10.0 Å². The molecule has 0 aliphatic heterocycles. The lowest BCUT2D eigenvalue weighted by molar-refractivity contribution is 0.318. The molecule has 19 heavy (non-hydrogen) atoms. The zero-order valence-electron chi connectivity index (χ0n) is 13.3. The van der Waals surface area contributed by atoms with Gasteiger partial charge in [-0.1, -0.05) is 20.8 Å². The van der Waals surface area contributed by atoms with Crippen LogP contribution in [0.2, 0.25) is 0 Å². The Labute approximate surface area is 120 Å². The molecule has 0 spiro atoms. The molecular weight excluding hydrogens is 260 g/mol. The highest BCUT2D eigenvalue weighted by Gasteiger charge is 2.24. The van der Waals surface area contributed by atoms with Crippen LogP contribution in [0.4, 0.5) is 0 Å². The van der Waals surface area contributed by atoms with Gasteiger partial charge in [-0.25, -0.2) is 8.42 Å². The second kappa shape index (κ2) is 9.72. The Hall–Kier alpha value is -0.130. The first-order chi connectivity index (χ1) is 8.81. The van der Waals surface area contributed by atoms with Crippen LogP contribution in [-0.4, -0.2) is 44.2 Å². The number of nitrogens with one attached hydrogen (secondary N) is 1. The number of hydrogen-bond donors (Lipinski definition) is 1. The predicted molar refractivity (Wildman–Crippen MR) is 82.9 cm³/mol. The molecule has 0 aromatic rings. The Morgan fingerprint density at radius 3 is 2.16 bits per heavy atom. The highest BCUT2D eigenvalue weighted by Crippen LogP contribution is 2.12. The van der Waals surface area contributed by atoms with Crippen molar-refractivity contribution < 1.29 is 8.42 Å². The number of hydrogen-bond acceptors (Lipinski definition) is 3. The Morgan fingerprint density at radius 2 is 1.68 bits per heavy atom. The fourth-order valence-electron chi connectivity index (χ4n) is 1.96. The molecular formula is C14H32N2O2S. The van der Waals surface area contributed by atoms with Gasteiger partial charge in [0.1, 0.15) is 0 Å². The molecule has 0 atom stereocenters. The van der Waals surface area contributed by atoms with Crippen molar-refractivity contribution in [1.29, 1.82) is 0 Å². The van der Waals surface area contributed by atoms with Gasteiger partial charge in [0.25, 0.3) is 0 Å². The van der Waals surface area contributed by atoms with E-state index in [0.717, 1.165) is 32.4 Å². The topological polar surface area (TPSA) is 49.4 Å². The van der Waals surface area contributed by atoms with Crippen LogP contribution in [0.25, 0.3) is 0 Å². The zero-order valence-corrected chi connectivity index (χ0v) is 14.1. The molecule has 0 heterocycles. The molecule has 116 valence electrons. The number of sulfonamides is 1. The third kappa shape index (κ3) is 8.60. The minimum absolute atomic E-state index is 0.0469. The van der Waals surface area contributed by atoms with Crippen molar-refractivity contribution >= 4 is 10.0 Å². The summed E-state index contributed by atoms with van der Waals surface area (Å²) in [5, 5.41) is 3.30. The van der Waals surface area contributed by atoms with Gasteiger partial charge in [-0.2, -0.15) is 4.31 Å². The zero-order chi connectivity index (χ0) is 14.9. The molecule has 4 nitrogen and oxygen atoms in total. The van der Waals surface area contributed by atoms with Gasteiger partial charge in [0, 0.05) is 12.6 Å². The minimum atomic E-state index is -3.10. The van der Waals surface area contributed by atoms with E-state index >= 15 is 0 Å². The third-order valence-corrected chi connectivity index (χ3v) is 5.00. The summed E-state index contributed by atoms with van der Waals surface area (Å²) >= 11 is 0. The molecule has 0 fully saturated rings. The Bertz CT molecular complexity index is 313. The fraction of sp³-hybridized carbons (Fsp3) is 1.00. The molecule has 0 rings (SSSR count). The van der Waals surface area contributed by atoms with Crippen molar-refractivity contribution in [2.24, 2.45) is 5.92 Å². The molecule has 0 unspecified atom stereocenters. The van der Waals surface area contributed by atoms with Crippen LogP contribution in [0.1, 0.15) is 53.9 Å². The highest BCUT2D eigenvalue weighted by molar-refractivity contribution is 7.89. The van der Waals surface area contributed by atoms with E-state index in [0.29, 0.717) is 12.5 Å². The Balaban J connectivity index is 4.18. The lowest BCUT2D eigenvalue weighted by atomic mass is 10.2. The smallest absolute Gasteiger partial charge is 0.214 e. The molecule has 1 N–H and O–H groups in total. The molecule has 0 aromatic heterocycles. The molecule has 0 bridgehead atoms. The van der Waals surface area contributed by atoms with Crippen molar-refractivity contribution in [2.45, 2.75) is 59.9 Å². The molecule has 0 aliphatic rings. The maximum Gasteiger partial charge on any atom is 0.214 e. The molecule has 5 heteroatoms. The van der Waals surface area contributed by atoms with Crippen molar-refractivity contribution in [3.63, 3.8) is 0 Å². The van der Waals surface area contributed by atoms with Gasteiger partial charge >= 0.3 is 0 Å². The summed E-state index contributed by atoms with van der Waals surface area (Å²) in [5.74, 6) is 0.634. The van der Waals surface area contributed by atoms with E-state index < -0.39 is 10.0 Å². The second-order valence-electron chi connectivity index (χ2n) is 5.83. The maximum absolute atomic E-state index is 12.3. The van der Waals surface area contributed by atoms with Crippen molar-refractivity contribution in [2.75, 3.05) is 25.4 Å². The summed E-state index contributed by atoms with van der Waals surface area (Å²) in [4.78, 5) is 0. The van der Waals surface area contributed by atoms with Crippen LogP contribution < -0.4 is 5.32 Å². The molecule has 0 aliphatic carbocycles. The normalized spacial score (nSPS) is 12.8. The minimum Gasteiger partial charge on any atom is -0.317 e. The van der Waals surface area contributed by atoms with Crippen molar-refractivity contribution in [3.8, 4) is 0 Å². The highest BCUT2D eigenvalue weighted by atomic mass is 32.2. The lowest BCUT2D eigenvalue weighted by Gasteiger charge is -2.27. The van der Waals surface area contributed by atoms with Gasteiger partial charge in [-0.05, 0) is 52.1 Å². The second-order valence-corrected chi connectivity index (χ2v) is 7.87. The van der Waals surface area contributed by atoms with Crippen LogP contribution in [-0.2, 0) is 10.0 Å². The quantitative estimate of drug-likeness (QED) is 0.595. The number of rotatable bonds is 11. The van der Waals surface area contributed by atoms with Gasteiger partial charge in [0.15, 0.2) is 0 Å². The first kappa shape index (κ1) is 18.9. The van der Waals surface area contributed by atoms with E-state index in [1.165, 1.54) is 0 Å². The fourth-order valence-corrected chi connectivity index (χ4v) is 3.93. The summed E-state index contributed by atoms with van der Waals surface area (Å²) in [6.45, 7) is 12.7. The summed E-state index contributed by atoms with van der Waals surface area (Å²) in [6, 6.07) is 0.0469. The monoisotopic (exact) mass is 292 g/mol. The predicted octanol–water partition coefficient (Wildman–Crippen LogP) is 2.46. The summed E-state index contributed by atoms with van der Waals surface area (Å²) < 4.78 is 26.3. The molecule has 0 radical (unpaired) electrons. The largest absolute Gasteiger partial charge is 0.317 e. The standard InChI is InChI=1S/C14H32N2O2S/c1-6-9-15-10-7-8-11-19(17,18)16(14(4)5)12-13(2)3/h13-15H,6-12H2,1-5H3. The Kier molecular flexibility index (Phi) is 9.66. The van der Waals surface area contributed by atoms with Crippen LogP contribution >= 0.6 is 0 Å². The van der Waals surface area contributed by atoms with Crippen molar-refractivity contribution in [1.82, 2.24) is 9.62 Å². The number of unbranched alkanes of at least 4 members (excludes halogenated alkanes) is 1. The maximum atomic E-state index is 12.3. The van der Waals surface area contributed by atoms with Crippen LogP contribution in [0.15, 0.2) is 0 Å². The molecule has 0 aromatic carbocycles. The average Bonchev–Trinajstić information content (AvgIpc) is 2.30. The average molecular weight is 292 g/mol. The number of nitrogens with zero attached hydrogens (tertiary/aromatic N) is 1. The van der Waals surface area contributed by atoms with Gasteiger partial charge in [-0.15, -0.1) is 0 Å². The van der Waals surface area contributed by atoms with Crippen LogP contribution in [0, 0.1) is 5.92 Å². The van der Waals surface area contributed by atoms with E-state index in [1.807, 2.05) is 13.8 Å². The summed E-state index contributed by atoms with van der Waals surface area (Å²) in [6.07, 6.45) is 2.78. The summed E-state index contributed by atoms with van der Waals surface area (Å²) in [5.41, 5.74) is 0. The van der Waals surface area contributed by atoms with Gasteiger partial charge in [-0.3, -0.25) is 0 Å². The summed E-state index contributed by atoms with van der Waals surface area (Å²) in [7, 11) is -3.10. The van der Waals surface area contributed by atoms with Crippen molar-refractivity contribution in [3.05, 3.63) is 0 Å². The molecule has 0 amide bonds. The first-order valence-corrected chi connectivity index (χ1v) is 9.12. The van der Waals surface area contributed by atoms with E-state index in [1.54, 1.807) is 4.31 Å². The van der Waals surface area contributed by atoms with Gasteiger partial charge in [0.05, 0.1) is 5.75 Å². The molecule has 0 saturated heterocycles. The SMILES string of the molecule is CCCNCCCCS(=O)(=O)N(CC(C)C)C(C)C. The first-order valence-electron chi connectivity index (χ1n) is 7.51. The van der Waals surface area contributed by atoms with E-state index in [2.05, 4.69) is 26.1 Å². The van der Waals surface area contributed by atoms with E-state index in [-0.39, 0.29) is 11.8 Å². The Morgan fingerprint density at radius 1 is 1.05 bits per heavy atom. The van der Waals surface area contributed by atoms with E-state index in [9.17, 15) is 8.42 Å². The van der Waals surface area contributed by atoms with Crippen LogP contribution in [0.5, 0.6) is 0 Å². The third-order valence-electron chi connectivity index (χ3n) is 2.91. The lowest BCUT2D eigenvalue weighted by Crippen LogP contribution is -2.40.